The van der Waals surface area contributed by atoms with Gasteiger partial charge in [0, 0.05) is 0 Å². The minimum atomic E-state index is -2.20. The van der Waals surface area contributed by atoms with E-state index in [4.69, 9.17) is 0 Å². The predicted octanol–water partition coefficient (Wildman–Crippen LogP) is 3.98. The molecule has 0 N–H and O–H groups in total. The van der Waals surface area contributed by atoms with Crippen molar-refractivity contribution in [3.63, 3.8) is 0 Å². The lowest BCUT2D eigenvalue weighted by molar-refractivity contribution is 0.356. The molecule has 2 heteroatoms. The molecule has 0 fully saturated rings. The van der Waals surface area contributed by atoms with Crippen molar-refractivity contribution < 1.29 is 4.80 Å². The van der Waals surface area contributed by atoms with Crippen LogP contribution in [0.2, 0.25) is 17.1 Å². The Hall–Kier alpha value is 0.177. The Bertz CT molecular complexity index is 128. The van der Waals surface area contributed by atoms with Crippen LogP contribution in [0.1, 0.15) is 47.5 Å². The third-order valence-electron chi connectivity index (χ3n) is 3.25. The Balaban J connectivity index is 4.46. The summed E-state index contributed by atoms with van der Waals surface area (Å²) in [7, 11) is -2.20. The maximum Gasteiger partial charge on any atom is 0.242 e. The highest BCUT2D eigenvalue weighted by molar-refractivity contribution is 6.75. The molecule has 0 aromatic carbocycles. The third kappa shape index (κ3) is 2.33. The second kappa shape index (κ2) is 4.42. The van der Waals surface area contributed by atoms with Gasteiger partial charge in [-0.2, -0.15) is 0 Å². The molecule has 0 bridgehead atoms. The van der Waals surface area contributed by atoms with Gasteiger partial charge in [-0.3, -0.25) is 4.80 Å². The monoisotopic (exact) mass is 187 g/mol. The molecule has 0 spiro atoms. The summed E-state index contributed by atoms with van der Waals surface area (Å²) < 4.78 is 0. The Morgan fingerprint density at radius 3 is 1.75 bits per heavy atom. The van der Waals surface area contributed by atoms with Gasteiger partial charge >= 0.3 is 0 Å². The second-order valence-electron chi connectivity index (χ2n) is 4.34. The van der Waals surface area contributed by atoms with Crippen molar-refractivity contribution in [2.24, 2.45) is 0 Å². The van der Waals surface area contributed by atoms with Crippen molar-refractivity contribution in [1.29, 1.82) is 0 Å². The van der Waals surface area contributed by atoms with Crippen LogP contribution in [-0.2, 0) is 4.80 Å². The zero-order chi connectivity index (χ0) is 9.83. The van der Waals surface area contributed by atoms with E-state index in [0.29, 0.717) is 0 Å². The van der Waals surface area contributed by atoms with Crippen LogP contribution in [0.25, 0.3) is 0 Å². The first-order valence-electron chi connectivity index (χ1n) is 5.14. The summed E-state index contributed by atoms with van der Waals surface area (Å²) in [5, 5.41) is 0.0885. The van der Waals surface area contributed by atoms with Crippen molar-refractivity contribution in [3.8, 4) is 0 Å². The van der Waals surface area contributed by atoms with Crippen LogP contribution in [0.15, 0.2) is 0 Å². The van der Waals surface area contributed by atoms with Gasteiger partial charge in [0.05, 0.1) is 0 Å². The van der Waals surface area contributed by atoms with Crippen LogP contribution < -0.4 is 0 Å². The Labute approximate surface area is 78.3 Å². The molecule has 0 aliphatic carbocycles. The van der Waals surface area contributed by atoms with E-state index in [1.54, 1.807) is 0 Å². The van der Waals surface area contributed by atoms with Gasteiger partial charge in [-0.1, -0.05) is 41.0 Å². The summed E-state index contributed by atoms with van der Waals surface area (Å²) in [4.78, 5) is 12.4. The molecular weight excluding hydrogens is 164 g/mol. The molecular formula is C10H23OSi. The fraction of sp³-hybridized carbons (Fsp3) is 1.00. The molecule has 0 aromatic rings. The van der Waals surface area contributed by atoms with Crippen molar-refractivity contribution in [3.05, 3.63) is 0 Å². The fourth-order valence-electron chi connectivity index (χ4n) is 2.06. The summed E-state index contributed by atoms with van der Waals surface area (Å²) in [5.41, 5.74) is 0. The van der Waals surface area contributed by atoms with E-state index in [0.717, 1.165) is 24.9 Å². The molecule has 73 valence electrons. The maximum atomic E-state index is 12.4. The average Bonchev–Trinajstić information content (AvgIpc) is 2.02. The molecule has 0 atom stereocenters. The lowest BCUT2D eigenvalue weighted by Gasteiger charge is -2.37. The Morgan fingerprint density at radius 2 is 1.50 bits per heavy atom. The van der Waals surface area contributed by atoms with Crippen LogP contribution in [-0.4, -0.2) is 8.32 Å². The SMILES string of the molecule is CCCC(C)(C)[Si]([O])(CC)CC. The van der Waals surface area contributed by atoms with E-state index in [9.17, 15) is 4.80 Å². The first-order chi connectivity index (χ1) is 5.43. The highest BCUT2D eigenvalue weighted by Gasteiger charge is 2.44. The molecule has 12 heavy (non-hydrogen) atoms. The summed E-state index contributed by atoms with van der Waals surface area (Å²) in [6, 6.07) is 1.77. The van der Waals surface area contributed by atoms with E-state index < -0.39 is 8.32 Å². The van der Waals surface area contributed by atoms with Gasteiger partial charge in [0.2, 0.25) is 8.32 Å². The lowest BCUT2D eigenvalue weighted by atomic mass is 10.1. The Morgan fingerprint density at radius 1 is 1.08 bits per heavy atom. The van der Waals surface area contributed by atoms with Crippen LogP contribution >= 0.6 is 0 Å². The standard InChI is InChI=1S/C10H23OSi/c1-6-9-10(4,5)12(11,7-2)8-3/h6-9H2,1-5H3. The first kappa shape index (κ1) is 12.2. The van der Waals surface area contributed by atoms with Crippen molar-refractivity contribution >= 4 is 8.32 Å². The molecule has 0 saturated heterocycles. The number of hydrogen-bond donors (Lipinski definition) is 0. The minimum absolute atomic E-state index is 0.0885. The van der Waals surface area contributed by atoms with Gasteiger partial charge in [-0.05, 0) is 23.5 Å². The molecule has 0 aliphatic heterocycles. The quantitative estimate of drug-likeness (QED) is 0.580. The molecule has 1 radical (unpaired) electrons. The fourth-order valence-corrected chi connectivity index (χ4v) is 5.18. The first-order valence-corrected chi connectivity index (χ1v) is 7.46. The zero-order valence-corrected chi connectivity index (χ0v) is 10.2. The van der Waals surface area contributed by atoms with E-state index in [1.807, 2.05) is 0 Å². The molecule has 0 aliphatic rings. The molecule has 0 rings (SSSR count). The van der Waals surface area contributed by atoms with Gasteiger partial charge in [0.1, 0.15) is 0 Å². The van der Waals surface area contributed by atoms with E-state index in [1.165, 1.54) is 0 Å². The smallest absolute Gasteiger partial charge is 0.242 e. The third-order valence-corrected chi connectivity index (χ3v) is 8.25. The molecule has 0 aromatic heterocycles. The van der Waals surface area contributed by atoms with Crippen molar-refractivity contribution in [2.75, 3.05) is 0 Å². The second-order valence-corrected chi connectivity index (χ2v) is 9.09. The van der Waals surface area contributed by atoms with E-state index in [-0.39, 0.29) is 5.04 Å². The van der Waals surface area contributed by atoms with Crippen LogP contribution in [0.4, 0.5) is 0 Å². The largest absolute Gasteiger partial charge is 0.297 e. The Kier molecular flexibility index (Phi) is 4.49. The van der Waals surface area contributed by atoms with E-state index in [2.05, 4.69) is 34.6 Å². The zero-order valence-electron chi connectivity index (χ0n) is 9.24. The van der Waals surface area contributed by atoms with Crippen LogP contribution in [0.5, 0.6) is 0 Å². The summed E-state index contributed by atoms with van der Waals surface area (Å²) >= 11 is 0. The topological polar surface area (TPSA) is 19.9 Å². The maximum absolute atomic E-state index is 12.4. The summed E-state index contributed by atoms with van der Waals surface area (Å²) in [5.74, 6) is 0. The van der Waals surface area contributed by atoms with Gasteiger partial charge < -0.3 is 0 Å². The minimum Gasteiger partial charge on any atom is -0.297 e. The molecule has 1 nitrogen and oxygen atoms in total. The normalized spacial score (nSPS) is 13.5. The molecule has 0 amide bonds. The summed E-state index contributed by atoms with van der Waals surface area (Å²) in [6.45, 7) is 10.6. The van der Waals surface area contributed by atoms with Gasteiger partial charge in [-0.15, -0.1) is 0 Å². The molecule has 0 unspecified atom stereocenters. The van der Waals surface area contributed by atoms with Crippen molar-refractivity contribution in [2.45, 2.75) is 64.6 Å². The van der Waals surface area contributed by atoms with Gasteiger partial charge in [0.25, 0.3) is 0 Å². The number of hydrogen-bond acceptors (Lipinski definition) is 0. The average molecular weight is 187 g/mol. The van der Waals surface area contributed by atoms with Crippen molar-refractivity contribution in [1.82, 2.24) is 0 Å². The molecule has 0 heterocycles. The number of rotatable bonds is 5. The van der Waals surface area contributed by atoms with E-state index >= 15 is 0 Å². The van der Waals surface area contributed by atoms with Gasteiger partial charge in [-0.25, -0.2) is 0 Å². The summed E-state index contributed by atoms with van der Waals surface area (Å²) in [6.07, 6.45) is 2.24. The highest BCUT2D eigenvalue weighted by atomic mass is 28.4. The van der Waals surface area contributed by atoms with Gasteiger partial charge in [0.15, 0.2) is 0 Å². The highest BCUT2D eigenvalue weighted by Crippen LogP contribution is 2.44. The predicted molar refractivity (Wildman–Crippen MR) is 56.4 cm³/mol. The van der Waals surface area contributed by atoms with Crippen LogP contribution in [0, 0.1) is 0 Å². The molecule has 0 saturated carbocycles. The lowest BCUT2D eigenvalue weighted by Crippen LogP contribution is -2.42. The van der Waals surface area contributed by atoms with Crippen LogP contribution in [0.3, 0.4) is 0 Å².